The van der Waals surface area contributed by atoms with Crippen LogP contribution in [0.3, 0.4) is 0 Å². The maximum absolute atomic E-state index is 9.55. The standard InChI is InChI=1S/C14H21NO/c1-10(2)12-5-3-4-6-13(12)14(9-15)7-11(16)8-14/h3-6,10-11,16H,7-9,15H2,1-2H3. The molecule has 0 unspecified atom stereocenters. The van der Waals surface area contributed by atoms with Crippen molar-refractivity contribution in [2.75, 3.05) is 6.54 Å². The lowest BCUT2D eigenvalue weighted by Gasteiger charge is -2.46. The number of hydrogen-bond donors (Lipinski definition) is 2. The number of benzene rings is 1. The number of aliphatic hydroxyl groups excluding tert-OH is 1. The minimum Gasteiger partial charge on any atom is -0.393 e. The molecule has 1 aromatic carbocycles. The van der Waals surface area contributed by atoms with Crippen LogP contribution in [0.2, 0.25) is 0 Å². The zero-order valence-electron chi connectivity index (χ0n) is 10.1. The van der Waals surface area contributed by atoms with Gasteiger partial charge >= 0.3 is 0 Å². The van der Waals surface area contributed by atoms with Crippen molar-refractivity contribution in [1.82, 2.24) is 0 Å². The van der Waals surface area contributed by atoms with Crippen molar-refractivity contribution in [1.29, 1.82) is 0 Å². The Kier molecular flexibility index (Phi) is 3.04. The molecule has 2 rings (SSSR count). The molecular formula is C14H21NO. The van der Waals surface area contributed by atoms with Crippen LogP contribution in [0.5, 0.6) is 0 Å². The molecule has 0 spiro atoms. The van der Waals surface area contributed by atoms with Crippen LogP contribution in [0, 0.1) is 0 Å². The molecule has 1 aliphatic carbocycles. The first-order valence-electron chi connectivity index (χ1n) is 6.06. The Hall–Kier alpha value is -0.860. The molecule has 2 nitrogen and oxygen atoms in total. The molecule has 0 aliphatic heterocycles. The van der Waals surface area contributed by atoms with E-state index in [-0.39, 0.29) is 11.5 Å². The van der Waals surface area contributed by atoms with Crippen molar-refractivity contribution < 1.29 is 5.11 Å². The van der Waals surface area contributed by atoms with Crippen LogP contribution in [0.4, 0.5) is 0 Å². The molecule has 0 amide bonds. The van der Waals surface area contributed by atoms with Crippen LogP contribution < -0.4 is 5.73 Å². The Morgan fingerprint density at radius 3 is 2.50 bits per heavy atom. The third kappa shape index (κ3) is 1.76. The lowest BCUT2D eigenvalue weighted by Crippen LogP contribution is -2.50. The van der Waals surface area contributed by atoms with Crippen LogP contribution in [-0.2, 0) is 5.41 Å². The molecule has 1 aliphatic rings. The summed E-state index contributed by atoms with van der Waals surface area (Å²) in [5, 5.41) is 9.55. The van der Waals surface area contributed by atoms with Gasteiger partial charge in [-0.25, -0.2) is 0 Å². The Morgan fingerprint density at radius 2 is 2.00 bits per heavy atom. The maximum atomic E-state index is 9.55. The molecule has 16 heavy (non-hydrogen) atoms. The van der Waals surface area contributed by atoms with E-state index in [0.717, 1.165) is 12.8 Å². The minimum atomic E-state index is -0.163. The molecule has 1 saturated carbocycles. The Balaban J connectivity index is 2.39. The highest BCUT2D eigenvalue weighted by atomic mass is 16.3. The monoisotopic (exact) mass is 219 g/mol. The summed E-state index contributed by atoms with van der Waals surface area (Å²) in [5.41, 5.74) is 8.67. The van der Waals surface area contributed by atoms with Gasteiger partial charge in [-0.1, -0.05) is 38.1 Å². The summed E-state index contributed by atoms with van der Waals surface area (Å²) >= 11 is 0. The van der Waals surface area contributed by atoms with Gasteiger partial charge in [0.05, 0.1) is 6.10 Å². The highest BCUT2D eigenvalue weighted by Gasteiger charge is 2.44. The van der Waals surface area contributed by atoms with Crippen molar-refractivity contribution in [3.8, 4) is 0 Å². The summed E-state index contributed by atoms with van der Waals surface area (Å²) in [6.07, 6.45) is 1.46. The Labute approximate surface area is 97.5 Å². The van der Waals surface area contributed by atoms with E-state index in [2.05, 4.69) is 38.1 Å². The second-order valence-electron chi connectivity index (χ2n) is 5.29. The molecule has 0 saturated heterocycles. The Morgan fingerprint density at radius 1 is 1.38 bits per heavy atom. The van der Waals surface area contributed by atoms with Crippen LogP contribution in [0.15, 0.2) is 24.3 Å². The molecule has 0 aromatic heterocycles. The van der Waals surface area contributed by atoms with Gasteiger partial charge in [-0.05, 0) is 29.9 Å². The SMILES string of the molecule is CC(C)c1ccccc1C1(CN)CC(O)C1. The molecule has 0 heterocycles. The number of nitrogens with two attached hydrogens (primary N) is 1. The van der Waals surface area contributed by atoms with Gasteiger partial charge in [0.1, 0.15) is 0 Å². The largest absolute Gasteiger partial charge is 0.393 e. The molecular weight excluding hydrogens is 198 g/mol. The maximum Gasteiger partial charge on any atom is 0.0558 e. The normalized spacial score (nSPS) is 29.2. The summed E-state index contributed by atoms with van der Waals surface area (Å²) in [4.78, 5) is 0. The summed E-state index contributed by atoms with van der Waals surface area (Å²) < 4.78 is 0. The molecule has 1 fully saturated rings. The number of rotatable bonds is 3. The van der Waals surface area contributed by atoms with E-state index in [1.807, 2.05) is 0 Å². The second-order valence-corrected chi connectivity index (χ2v) is 5.29. The van der Waals surface area contributed by atoms with Gasteiger partial charge in [-0.15, -0.1) is 0 Å². The molecule has 2 heteroatoms. The quantitative estimate of drug-likeness (QED) is 0.818. The van der Waals surface area contributed by atoms with Crippen molar-refractivity contribution in [3.63, 3.8) is 0 Å². The lowest BCUT2D eigenvalue weighted by molar-refractivity contribution is 0.0216. The topological polar surface area (TPSA) is 46.2 Å². The van der Waals surface area contributed by atoms with E-state index in [1.165, 1.54) is 11.1 Å². The van der Waals surface area contributed by atoms with Gasteiger partial charge in [0, 0.05) is 12.0 Å². The highest BCUT2D eigenvalue weighted by molar-refractivity contribution is 5.39. The number of aliphatic hydroxyl groups is 1. The lowest BCUT2D eigenvalue weighted by atomic mass is 9.61. The van der Waals surface area contributed by atoms with Gasteiger partial charge < -0.3 is 10.8 Å². The third-order valence-electron chi connectivity index (χ3n) is 3.80. The zero-order valence-corrected chi connectivity index (χ0v) is 10.1. The van der Waals surface area contributed by atoms with E-state index < -0.39 is 0 Å². The summed E-state index contributed by atoms with van der Waals surface area (Å²) in [5.74, 6) is 0.511. The molecule has 0 bridgehead atoms. The summed E-state index contributed by atoms with van der Waals surface area (Å²) in [6.45, 7) is 5.05. The highest BCUT2D eigenvalue weighted by Crippen LogP contribution is 2.45. The molecule has 3 N–H and O–H groups in total. The second kappa shape index (κ2) is 4.19. The molecule has 1 aromatic rings. The minimum absolute atomic E-state index is 0.0281. The van der Waals surface area contributed by atoms with E-state index >= 15 is 0 Å². The average molecular weight is 219 g/mol. The van der Waals surface area contributed by atoms with E-state index in [1.54, 1.807) is 0 Å². The fourth-order valence-electron chi connectivity index (χ4n) is 2.82. The summed E-state index contributed by atoms with van der Waals surface area (Å²) in [7, 11) is 0. The van der Waals surface area contributed by atoms with Crippen LogP contribution >= 0.6 is 0 Å². The first-order valence-corrected chi connectivity index (χ1v) is 6.06. The van der Waals surface area contributed by atoms with E-state index in [0.29, 0.717) is 12.5 Å². The molecule has 0 atom stereocenters. The van der Waals surface area contributed by atoms with E-state index in [4.69, 9.17) is 5.73 Å². The number of hydrogen-bond acceptors (Lipinski definition) is 2. The van der Waals surface area contributed by atoms with Crippen molar-refractivity contribution in [2.45, 2.75) is 44.1 Å². The van der Waals surface area contributed by atoms with E-state index in [9.17, 15) is 5.11 Å². The van der Waals surface area contributed by atoms with Crippen LogP contribution in [0.25, 0.3) is 0 Å². The Bertz CT molecular complexity index is 367. The van der Waals surface area contributed by atoms with Crippen molar-refractivity contribution >= 4 is 0 Å². The third-order valence-corrected chi connectivity index (χ3v) is 3.80. The van der Waals surface area contributed by atoms with Gasteiger partial charge in [0.15, 0.2) is 0 Å². The zero-order chi connectivity index (χ0) is 11.8. The fourth-order valence-corrected chi connectivity index (χ4v) is 2.82. The van der Waals surface area contributed by atoms with Crippen LogP contribution in [-0.4, -0.2) is 17.8 Å². The van der Waals surface area contributed by atoms with Gasteiger partial charge in [0.25, 0.3) is 0 Å². The first kappa shape index (κ1) is 11.6. The van der Waals surface area contributed by atoms with Gasteiger partial charge in [0.2, 0.25) is 0 Å². The van der Waals surface area contributed by atoms with Gasteiger partial charge in [-0.2, -0.15) is 0 Å². The smallest absolute Gasteiger partial charge is 0.0558 e. The molecule has 0 radical (unpaired) electrons. The summed E-state index contributed by atoms with van der Waals surface area (Å²) in [6, 6.07) is 8.51. The fraction of sp³-hybridized carbons (Fsp3) is 0.571. The molecule has 88 valence electrons. The van der Waals surface area contributed by atoms with Crippen LogP contribution in [0.1, 0.15) is 43.7 Å². The van der Waals surface area contributed by atoms with Crippen molar-refractivity contribution in [2.24, 2.45) is 5.73 Å². The predicted octanol–water partition coefficient (Wildman–Crippen LogP) is 2.16. The average Bonchev–Trinajstić information content (AvgIpc) is 2.24. The predicted molar refractivity (Wildman–Crippen MR) is 66.5 cm³/mol. The first-order chi connectivity index (χ1) is 7.59. The van der Waals surface area contributed by atoms with Crippen molar-refractivity contribution in [3.05, 3.63) is 35.4 Å². The van der Waals surface area contributed by atoms with Gasteiger partial charge in [-0.3, -0.25) is 0 Å².